The number of hydrogen-bond donors (Lipinski definition) is 1. The minimum Gasteiger partial charge on any atom is -0.497 e. The molecular weight excluding hydrogens is 476 g/mol. The SMILES string of the molecule is COc1cccc(C=C2Sc3ccc(C(=O)NC(C)c4ccc5c(c4)OCCO5)cc3N(C)C2=O)c1. The van der Waals surface area contributed by atoms with Gasteiger partial charge in [-0.25, -0.2) is 0 Å². The van der Waals surface area contributed by atoms with Gasteiger partial charge in [-0.05, 0) is 66.6 Å². The number of nitrogens with one attached hydrogen (secondary N) is 1. The third-order valence-electron chi connectivity index (χ3n) is 6.12. The maximum atomic E-state index is 13.1. The molecule has 1 atom stereocenters. The number of hydrogen-bond acceptors (Lipinski definition) is 6. The number of carbonyl (C=O) groups excluding carboxylic acids is 2. The topological polar surface area (TPSA) is 77.1 Å². The number of fused-ring (bicyclic) bond motifs is 2. The van der Waals surface area contributed by atoms with Crippen molar-refractivity contribution in [3.8, 4) is 17.2 Å². The molecule has 1 N–H and O–H groups in total. The number of likely N-dealkylation sites (N-methyl/N-ethyl adjacent to an activating group) is 1. The van der Waals surface area contributed by atoms with Crippen LogP contribution in [-0.4, -0.2) is 39.2 Å². The van der Waals surface area contributed by atoms with Crippen molar-refractivity contribution in [1.82, 2.24) is 5.32 Å². The minimum atomic E-state index is -0.240. The van der Waals surface area contributed by atoms with Gasteiger partial charge < -0.3 is 24.4 Å². The maximum Gasteiger partial charge on any atom is 0.264 e. The molecule has 2 heterocycles. The van der Waals surface area contributed by atoms with Crippen LogP contribution in [0.2, 0.25) is 0 Å². The molecule has 8 heteroatoms. The van der Waals surface area contributed by atoms with Crippen LogP contribution in [0.15, 0.2) is 70.5 Å². The lowest BCUT2D eigenvalue weighted by molar-refractivity contribution is -0.114. The summed E-state index contributed by atoms with van der Waals surface area (Å²) in [6.07, 6.45) is 1.85. The summed E-state index contributed by atoms with van der Waals surface area (Å²) in [6.45, 7) is 2.96. The first-order chi connectivity index (χ1) is 17.4. The highest BCUT2D eigenvalue weighted by molar-refractivity contribution is 8.04. The summed E-state index contributed by atoms with van der Waals surface area (Å²) in [5.41, 5.74) is 2.98. The van der Waals surface area contributed by atoms with Gasteiger partial charge in [-0.15, -0.1) is 0 Å². The Bertz CT molecular complexity index is 1370. The second kappa shape index (κ2) is 9.99. The van der Waals surface area contributed by atoms with Crippen LogP contribution >= 0.6 is 11.8 Å². The Balaban J connectivity index is 1.33. The average Bonchev–Trinajstić information content (AvgIpc) is 2.91. The molecule has 36 heavy (non-hydrogen) atoms. The van der Waals surface area contributed by atoms with E-state index in [1.165, 1.54) is 11.8 Å². The fraction of sp³-hybridized carbons (Fsp3) is 0.214. The summed E-state index contributed by atoms with van der Waals surface area (Å²) in [5.74, 6) is 1.78. The van der Waals surface area contributed by atoms with Gasteiger partial charge in [0.15, 0.2) is 11.5 Å². The molecule has 3 aromatic carbocycles. The van der Waals surface area contributed by atoms with Crippen molar-refractivity contribution in [3.63, 3.8) is 0 Å². The quantitative estimate of drug-likeness (QED) is 0.491. The van der Waals surface area contributed by atoms with Crippen molar-refractivity contribution in [3.05, 3.63) is 82.3 Å². The predicted octanol–water partition coefficient (Wildman–Crippen LogP) is 5.07. The first kappa shape index (κ1) is 23.8. The summed E-state index contributed by atoms with van der Waals surface area (Å²) < 4.78 is 16.5. The molecule has 0 aromatic heterocycles. The van der Waals surface area contributed by atoms with E-state index in [9.17, 15) is 9.59 Å². The van der Waals surface area contributed by atoms with Gasteiger partial charge in [-0.1, -0.05) is 30.0 Å². The molecule has 0 bridgehead atoms. The van der Waals surface area contributed by atoms with Crippen LogP contribution in [0, 0.1) is 0 Å². The third-order valence-corrected chi connectivity index (χ3v) is 7.20. The van der Waals surface area contributed by atoms with Crippen LogP contribution in [0.1, 0.15) is 34.5 Å². The fourth-order valence-electron chi connectivity index (χ4n) is 4.11. The highest BCUT2D eigenvalue weighted by Gasteiger charge is 2.27. The van der Waals surface area contributed by atoms with Crippen molar-refractivity contribution in [2.45, 2.75) is 17.9 Å². The van der Waals surface area contributed by atoms with Gasteiger partial charge in [0, 0.05) is 17.5 Å². The Morgan fingerprint density at radius 1 is 1.08 bits per heavy atom. The van der Waals surface area contributed by atoms with Crippen molar-refractivity contribution in [1.29, 1.82) is 0 Å². The normalized spacial score (nSPS) is 16.4. The highest BCUT2D eigenvalue weighted by atomic mass is 32.2. The first-order valence-electron chi connectivity index (χ1n) is 11.6. The smallest absolute Gasteiger partial charge is 0.264 e. The van der Waals surface area contributed by atoms with Crippen molar-refractivity contribution >= 4 is 35.3 Å². The lowest BCUT2D eigenvalue weighted by atomic mass is 10.1. The first-order valence-corrected chi connectivity index (χ1v) is 12.4. The molecular formula is C28H26N2O5S. The fourth-order valence-corrected chi connectivity index (χ4v) is 5.20. The maximum absolute atomic E-state index is 13.1. The Morgan fingerprint density at radius 2 is 1.89 bits per heavy atom. The third kappa shape index (κ3) is 4.77. The zero-order chi connectivity index (χ0) is 25.2. The van der Waals surface area contributed by atoms with Gasteiger partial charge in [0.05, 0.1) is 23.7 Å². The molecule has 0 saturated heterocycles. The van der Waals surface area contributed by atoms with Crippen LogP contribution in [0.4, 0.5) is 5.69 Å². The Hall–Kier alpha value is -3.91. The molecule has 0 spiro atoms. The minimum absolute atomic E-state index is 0.127. The van der Waals surface area contributed by atoms with Gasteiger partial charge in [-0.2, -0.15) is 0 Å². The van der Waals surface area contributed by atoms with Crippen LogP contribution in [0.3, 0.4) is 0 Å². The van der Waals surface area contributed by atoms with E-state index >= 15 is 0 Å². The molecule has 5 rings (SSSR count). The average molecular weight is 503 g/mol. The molecule has 0 fully saturated rings. The molecule has 0 radical (unpaired) electrons. The monoisotopic (exact) mass is 502 g/mol. The van der Waals surface area contributed by atoms with Gasteiger partial charge in [0.25, 0.3) is 11.8 Å². The zero-order valence-corrected chi connectivity index (χ0v) is 21.1. The van der Waals surface area contributed by atoms with E-state index in [0.717, 1.165) is 21.8 Å². The summed E-state index contributed by atoms with van der Waals surface area (Å²) in [7, 11) is 3.33. The predicted molar refractivity (Wildman–Crippen MR) is 140 cm³/mol. The summed E-state index contributed by atoms with van der Waals surface area (Å²) in [5, 5.41) is 3.04. The molecule has 7 nitrogen and oxygen atoms in total. The summed E-state index contributed by atoms with van der Waals surface area (Å²) in [6, 6.07) is 18.4. The standard InChI is InChI=1S/C28H26N2O5S/c1-17(19-7-9-23-24(16-19)35-12-11-34-23)29-27(31)20-8-10-25-22(15-20)30(2)28(32)26(36-25)14-18-5-4-6-21(13-18)33-3/h4-10,13-17H,11-12H2,1-3H3,(H,29,31). The Labute approximate surface area is 214 Å². The second-order valence-corrected chi connectivity index (χ2v) is 9.62. The van der Waals surface area contributed by atoms with Crippen LogP contribution < -0.4 is 24.4 Å². The Kier molecular flexibility index (Phi) is 6.61. The van der Waals surface area contributed by atoms with E-state index in [0.29, 0.717) is 40.9 Å². The number of nitrogens with zero attached hydrogens (tertiary/aromatic N) is 1. The summed E-state index contributed by atoms with van der Waals surface area (Å²) in [4.78, 5) is 29.2. The molecule has 2 aliphatic rings. The lowest BCUT2D eigenvalue weighted by Gasteiger charge is -2.27. The molecule has 0 saturated carbocycles. The van der Waals surface area contributed by atoms with Crippen molar-refractivity contribution in [2.75, 3.05) is 32.3 Å². The van der Waals surface area contributed by atoms with Gasteiger partial charge in [0.2, 0.25) is 0 Å². The molecule has 0 aliphatic carbocycles. The molecule has 1 unspecified atom stereocenters. The molecule has 2 amide bonds. The number of anilines is 1. The second-order valence-electron chi connectivity index (χ2n) is 8.53. The van der Waals surface area contributed by atoms with Crippen molar-refractivity contribution < 1.29 is 23.8 Å². The van der Waals surface area contributed by atoms with Crippen LogP contribution in [0.25, 0.3) is 6.08 Å². The molecule has 3 aromatic rings. The molecule has 2 aliphatic heterocycles. The van der Waals surface area contributed by atoms with E-state index in [4.69, 9.17) is 14.2 Å². The number of carbonyl (C=O) groups is 2. The number of thioether (sulfide) groups is 1. The molecule has 184 valence electrons. The van der Waals surface area contributed by atoms with Crippen LogP contribution in [-0.2, 0) is 4.79 Å². The highest BCUT2D eigenvalue weighted by Crippen LogP contribution is 2.42. The summed E-state index contributed by atoms with van der Waals surface area (Å²) >= 11 is 1.39. The van der Waals surface area contributed by atoms with Gasteiger partial charge >= 0.3 is 0 Å². The van der Waals surface area contributed by atoms with E-state index in [2.05, 4.69) is 5.32 Å². The van der Waals surface area contributed by atoms with E-state index < -0.39 is 0 Å². The van der Waals surface area contributed by atoms with Gasteiger partial charge in [0.1, 0.15) is 19.0 Å². The Morgan fingerprint density at radius 3 is 2.69 bits per heavy atom. The van der Waals surface area contributed by atoms with Gasteiger partial charge in [-0.3, -0.25) is 9.59 Å². The number of methoxy groups -OCH3 is 1. The lowest BCUT2D eigenvalue weighted by Crippen LogP contribution is -2.31. The van der Waals surface area contributed by atoms with E-state index in [1.54, 1.807) is 31.2 Å². The van der Waals surface area contributed by atoms with Crippen molar-refractivity contribution in [2.24, 2.45) is 0 Å². The largest absolute Gasteiger partial charge is 0.497 e. The van der Waals surface area contributed by atoms with E-state index in [-0.39, 0.29) is 17.9 Å². The van der Waals surface area contributed by atoms with Crippen LogP contribution in [0.5, 0.6) is 17.2 Å². The number of rotatable bonds is 5. The van der Waals surface area contributed by atoms with E-state index in [1.807, 2.05) is 61.5 Å². The number of benzene rings is 3. The number of ether oxygens (including phenoxy) is 3. The number of amides is 2. The zero-order valence-electron chi connectivity index (χ0n) is 20.2.